The average molecular weight is 328 g/mol. The van der Waals surface area contributed by atoms with E-state index in [4.69, 9.17) is 5.11 Å². The van der Waals surface area contributed by atoms with Crippen molar-refractivity contribution in [2.45, 2.75) is 26.8 Å². The van der Waals surface area contributed by atoms with Gasteiger partial charge in [0.05, 0.1) is 5.39 Å². The summed E-state index contributed by atoms with van der Waals surface area (Å²) in [5.41, 5.74) is 1.47. The van der Waals surface area contributed by atoms with Crippen molar-refractivity contribution in [2.24, 2.45) is 0 Å². The van der Waals surface area contributed by atoms with Crippen molar-refractivity contribution in [1.29, 1.82) is 0 Å². The third kappa shape index (κ3) is 2.90. The molecule has 5 nitrogen and oxygen atoms in total. The van der Waals surface area contributed by atoms with Gasteiger partial charge in [-0.15, -0.1) is 11.3 Å². The van der Waals surface area contributed by atoms with Crippen LogP contribution in [0.2, 0.25) is 0 Å². The molecule has 2 aromatic heterocycles. The van der Waals surface area contributed by atoms with Gasteiger partial charge >= 0.3 is 5.97 Å². The number of hydrogen-bond donors (Lipinski definition) is 1. The number of rotatable bonds is 4. The second kappa shape index (κ2) is 5.96. The summed E-state index contributed by atoms with van der Waals surface area (Å²) >= 11 is 1.48. The van der Waals surface area contributed by atoms with Crippen LogP contribution in [0.4, 0.5) is 0 Å². The molecule has 0 unspecified atom stereocenters. The Balaban J connectivity index is 2.33. The van der Waals surface area contributed by atoms with Crippen LogP contribution in [0, 0.1) is 6.92 Å². The van der Waals surface area contributed by atoms with Crippen LogP contribution in [0.3, 0.4) is 0 Å². The molecule has 3 aromatic rings. The number of aromatic nitrogens is 2. The second-order valence-electron chi connectivity index (χ2n) is 5.38. The molecule has 0 saturated carbocycles. The molecule has 23 heavy (non-hydrogen) atoms. The van der Waals surface area contributed by atoms with E-state index in [1.54, 1.807) is 0 Å². The minimum atomic E-state index is -1.06. The molecule has 1 N–H and O–H groups in total. The molecule has 0 spiro atoms. The molecule has 0 amide bonds. The summed E-state index contributed by atoms with van der Waals surface area (Å²) in [5.74, 6) is -0.661. The van der Waals surface area contributed by atoms with Crippen molar-refractivity contribution >= 4 is 27.5 Å². The van der Waals surface area contributed by atoms with Crippen molar-refractivity contribution in [2.75, 3.05) is 0 Å². The quantitative estimate of drug-likeness (QED) is 0.799. The first kappa shape index (κ1) is 15.4. The molecular weight excluding hydrogens is 312 g/mol. The van der Waals surface area contributed by atoms with Crippen molar-refractivity contribution in [1.82, 2.24) is 9.55 Å². The number of aryl methyl sites for hydroxylation is 2. The monoisotopic (exact) mass is 328 g/mol. The van der Waals surface area contributed by atoms with Crippen LogP contribution in [0.25, 0.3) is 21.6 Å². The minimum Gasteiger partial charge on any atom is -0.480 e. The number of carbonyl (C=O) groups is 1. The molecule has 0 saturated heterocycles. The summed E-state index contributed by atoms with van der Waals surface area (Å²) < 4.78 is 1.24. The van der Waals surface area contributed by atoms with E-state index in [0.717, 1.165) is 22.4 Å². The number of carboxylic acids is 1. The Bertz CT molecular complexity index is 956. The van der Waals surface area contributed by atoms with Crippen LogP contribution in [0.1, 0.15) is 17.4 Å². The Morgan fingerprint density at radius 1 is 1.35 bits per heavy atom. The second-order valence-corrected chi connectivity index (χ2v) is 6.49. The molecular formula is C17H16N2O3S. The van der Waals surface area contributed by atoms with E-state index < -0.39 is 12.5 Å². The summed E-state index contributed by atoms with van der Waals surface area (Å²) in [6.45, 7) is 3.56. The van der Waals surface area contributed by atoms with Crippen LogP contribution in [-0.4, -0.2) is 20.6 Å². The summed E-state index contributed by atoms with van der Waals surface area (Å²) in [5, 5.41) is 9.65. The summed E-state index contributed by atoms with van der Waals surface area (Å²) in [6.07, 6.45) is 0.819. The van der Waals surface area contributed by atoms with Gasteiger partial charge in [0.25, 0.3) is 5.56 Å². The molecule has 6 heteroatoms. The Morgan fingerprint density at radius 3 is 2.78 bits per heavy atom. The van der Waals surface area contributed by atoms with Gasteiger partial charge in [0.15, 0.2) is 0 Å². The number of fused-ring (bicyclic) bond motifs is 1. The smallest absolute Gasteiger partial charge is 0.323 e. The van der Waals surface area contributed by atoms with E-state index in [-0.39, 0.29) is 5.56 Å². The molecule has 0 bridgehead atoms. The molecule has 118 valence electrons. The van der Waals surface area contributed by atoms with Crippen molar-refractivity contribution in [3.63, 3.8) is 0 Å². The first-order chi connectivity index (χ1) is 11.0. The van der Waals surface area contributed by atoms with Gasteiger partial charge in [0.1, 0.15) is 17.2 Å². The van der Waals surface area contributed by atoms with E-state index in [9.17, 15) is 9.59 Å². The Hall–Kier alpha value is -2.47. The fourth-order valence-electron chi connectivity index (χ4n) is 2.53. The third-order valence-electron chi connectivity index (χ3n) is 3.62. The van der Waals surface area contributed by atoms with E-state index in [1.165, 1.54) is 15.9 Å². The zero-order valence-electron chi connectivity index (χ0n) is 12.9. The van der Waals surface area contributed by atoms with Crippen LogP contribution in [0.15, 0.2) is 35.1 Å². The molecule has 3 rings (SSSR count). The largest absolute Gasteiger partial charge is 0.480 e. The van der Waals surface area contributed by atoms with Gasteiger partial charge in [-0.1, -0.05) is 30.7 Å². The van der Waals surface area contributed by atoms with Crippen LogP contribution >= 0.6 is 11.3 Å². The summed E-state index contributed by atoms with van der Waals surface area (Å²) in [7, 11) is 0. The van der Waals surface area contributed by atoms with E-state index >= 15 is 0 Å². The van der Waals surface area contributed by atoms with Gasteiger partial charge in [-0.25, -0.2) is 4.98 Å². The number of nitrogens with zero attached hydrogens (tertiary/aromatic N) is 2. The number of hydrogen-bond acceptors (Lipinski definition) is 4. The molecule has 0 aliphatic carbocycles. The van der Waals surface area contributed by atoms with Crippen molar-refractivity contribution in [3.8, 4) is 11.4 Å². The van der Waals surface area contributed by atoms with Gasteiger partial charge in [-0.2, -0.15) is 0 Å². The highest BCUT2D eigenvalue weighted by Gasteiger charge is 2.17. The maximum absolute atomic E-state index is 12.7. The maximum atomic E-state index is 12.7. The lowest BCUT2D eigenvalue weighted by Crippen LogP contribution is -2.26. The number of carboxylic acid groups (broad SMARTS) is 1. The molecule has 0 atom stereocenters. The third-order valence-corrected chi connectivity index (χ3v) is 4.79. The lowest BCUT2D eigenvalue weighted by Gasteiger charge is -2.11. The predicted octanol–water partition coefficient (Wildman–Crippen LogP) is 3.08. The average Bonchev–Trinajstić information content (AvgIpc) is 2.93. The normalized spacial score (nSPS) is 11.0. The fourth-order valence-corrected chi connectivity index (χ4v) is 3.48. The number of aliphatic carboxylic acids is 1. The zero-order chi connectivity index (χ0) is 16.6. The Kier molecular flexibility index (Phi) is 4.00. The van der Waals surface area contributed by atoms with Gasteiger partial charge < -0.3 is 5.11 Å². The van der Waals surface area contributed by atoms with Gasteiger partial charge in [0.2, 0.25) is 0 Å². The highest BCUT2D eigenvalue weighted by atomic mass is 32.1. The number of thiophene rings is 1. The molecule has 1 aromatic carbocycles. The highest BCUT2D eigenvalue weighted by Crippen LogP contribution is 2.25. The molecule has 0 radical (unpaired) electrons. The first-order valence-corrected chi connectivity index (χ1v) is 8.13. The number of benzene rings is 1. The lowest BCUT2D eigenvalue weighted by atomic mass is 10.1. The van der Waals surface area contributed by atoms with E-state index in [2.05, 4.69) is 4.98 Å². The standard InChI is InChI=1S/C17H16N2O3S/c1-3-12-8-13-16(23-12)18-15(11-6-4-5-10(2)7-11)19(17(13)22)9-14(20)21/h4-8H,3,9H2,1-2H3,(H,20,21). The van der Waals surface area contributed by atoms with E-state index in [0.29, 0.717) is 16.0 Å². The molecule has 0 aliphatic rings. The van der Waals surface area contributed by atoms with Crippen molar-refractivity contribution in [3.05, 3.63) is 51.1 Å². The van der Waals surface area contributed by atoms with Crippen LogP contribution in [0.5, 0.6) is 0 Å². The van der Waals surface area contributed by atoms with Gasteiger partial charge in [-0.05, 0) is 25.5 Å². The fraction of sp³-hybridized carbons (Fsp3) is 0.235. The van der Waals surface area contributed by atoms with Crippen LogP contribution < -0.4 is 5.56 Å². The zero-order valence-corrected chi connectivity index (χ0v) is 13.7. The highest BCUT2D eigenvalue weighted by molar-refractivity contribution is 7.18. The Morgan fingerprint density at radius 2 is 2.13 bits per heavy atom. The van der Waals surface area contributed by atoms with Crippen LogP contribution in [-0.2, 0) is 17.8 Å². The predicted molar refractivity (Wildman–Crippen MR) is 91.1 cm³/mol. The maximum Gasteiger partial charge on any atom is 0.323 e. The van der Waals surface area contributed by atoms with E-state index in [1.807, 2.05) is 44.2 Å². The summed E-state index contributed by atoms with van der Waals surface area (Å²) in [6, 6.07) is 9.38. The SMILES string of the molecule is CCc1cc2c(=O)n(CC(=O)O)c(-c3cccc(C)c3)nc2s1. The minimum absolute atomic E-state index is 0.301. The Labute approximate surface area is 136 Å². The molecule has 0 fully saturated rings. The van der Waals surface area contributed by atoms with Gasteiger partial charge in [-0.3, -0.25) is 14.2 Å². The molecule has 0 aliphatic heterocycles. The topological polar surface area (TPSA) is 72.2 Å². The van der Waals surface area contributed by atoms with Gasteiger partial charge in [0, 0.05) is 10.4 Å². The lowest BCUT2D eigenvalue weighted by molar-refractivity contribution is -0.137. The molecule has 2 heterocycles. The first-order valence-electron chi connectivity index (χ1n) is 7.31. The summed E-state index contributed by atoms with van der Waals surface area (Å²) in [4.78, 5) is 30.2. The van der Waals surface area contributed by atoms with Crippen molar-refractivity contribution < 1.29 is 9.90 Å².